The van der Waals surface area contributed by atoms with Gasteiger partial charge in [0.15, 0.2) is 6.10 Å². The predicted molar refractivity (Wildman–Crippen MR) is 156 cm³/mol. The number of aryl methyl sites for hydroxylation is 1. The van der Waals surface area contributed by atoms with E-state index in [2.05, 4.69) is 10.3 Å². The summed E-state index contributed by atoms with van der Waals surface area (Å²) in [5, 5.41) is 3.72. The molecule has 1 N–H and O–H groups in total. The average molecular weight is 594 g/mol. The van der Waals surface area contributed by atoms with E-state index in [-0.39, 0.29) is 29.2 Å². The number of halogens is 1. The highest BCUT2D eigenvalue weighted by atomic mass is 35.5. The molecule has 0 bridgehead atoms. The largest absolute Gasteiger partial charge is 0.449 e. The van der Waals surface area contributed by atoms with Crippen molar-refractivity contribution in [3.8, 4) is 11.3 Å². The fourth-order valence-corrected chi connectivity index (χ4v) is 6.45. The lowest BCUT2D eigenvalue weighted by Gasteiger charge is -2.27. The predicted octanol–water partition coefficient (Wildman–Crippen LogP) is 5.07. The molecule has 1 fully saturated rings. The number of morpholine rings is 1. The Hall–Kier alpha value is -3.83. The smallest absolute Gasteiger partial charge is 0.339 e. The summed E-state index contributed by atoms with van der Waals surface area (Å²) in [6.45, 7) is 4.30. The van der Waals surface area contributed by atoms with Gasteiger partial charge in [0.05, 0.1) is 34.9 Å². The number of hydrogen-bond acceptors (Lipinski definition) is 7. The number of ether oxygens (including phenoxy) is 2. The second-order valence-electron chi connectivity index (χ2n) is 9.59. The lowest BCUT2D eigenvalue weighted by molar-refractivity contribution is -0.123. The molecular formula is C30H28ClN3O6S. The SMILES string of the molecule is Cc1ccc(NC(=O)[C@@H](C)OC(=O)c2cc(-c3ccccc3Cl)nc3ccccc23)cc1S(=O)(=O)N1CCOCC1. The molecule has 0 unspecified atom stereocenters. The zero-order valence-corrected chi connectivity index (χ0v) is 24.0. The Labute approximate surface area is 243 Å². The second kappa shape index (κ2) is 12.0. The number of anilines is 1. The average Bonchev–Trinajstić information content (AvgIpc) is 2.98. The Morgan fingerprint density at radius 3 is 2.49 bits per heavy atom. The number of hydrogen-bond donors (Lipinski definition) is 1. The van der Waals surface area contributed by atoms with E-state index >= 15 is 0 Å². The van der Waals surface area contributed by atoms with Crippen LogP contribution in [0.25, 0.3) is 22.2 Å². The van der Waals surface area contributed by atoms with Crippen LogP contribution in [0.15, 0.2) is 77.7 Å². The van der Waals surface area contributed by atoms with Crippen molar-refractivity contribution in [2.45, 2.75) is 24.8 Å². The minimum absolute atomic E-state index is 0.0946. The first-order chi connectivity index (χ1) is 19.6. The van der Waals surface area contributed by atoms with E-state index in [4.69, 9.17) is 21.1 Å². The fourth-order valence-electron chi connectivity index (χ4n) is 4.55. The van der Waals surface area contributed by atoms with Gasteiger partial charge in [-0.1, -0.05) is 54.1 Å². The van der Waals surface area contributed by atoms with E-state index in [0.29, 0.717) is 46.0 Å². The monoisotopic (exact) mass is 593 g/mol. The van der Waals surface area contributed by atoms with Crippen molar-refractivity contribution < 1.29 is 27.5 Å². The number of nitrogens with zero attached hydrogens (tertiary/aromatic N) is 2. The number of aromatic nitrogens is 1. The summed E-state index contributed by atoms with van der Waals surface area (Å²) in [5.41, 5.74) is 2.77. The van der Waals surface area contributed by atoms with Crippen LogP contribution in [0.3, 0.4) is 0 Å². The van der Waals surface area contributed by atoms with Crippen molar-refractivity contribution in [2.24, 2.45) is 0 Å². The van der Waals surface area contributed by atoms with Gasteiger partial charge in [0.1, 0.15) is 0 Å². The minimum atomic E-state index is -3.78. The van der Waals surface area contributed by atoms with Crippen LogP contribution in [0.1, 0.15) is 22.8 Å². The van der Waals surface area contributed by atoms with Gasteiger partial charge >= 0.3 is 5.97 Å². The zero-order valence-electron chi connectivity index (χ0n) is 22.5. The highest BCUT2D eigenvalue weighted by Crippen LogP contribution is 2.30. The van der Waals surface area contributed by atoms with Gasteiger partial charge < -0.3 is 14.8 Å². The molecule has 2 heterocycles. The number of para-hydroxylation sites is 1. The van der Waals surface area contributed by atoms with Crippen molar-refractivity contribution in [1.82, 2.24) is 9.29 Å². The first kappa shape index (κ1) is 28.7. The molecule has 11 heteroatoms. The molecule has 4 aromatic rings. The van der Waals surface area contributed by atoms with E-state index in [0.717, 1.165) is 0 Å². The van der Waals surface area contributed by atoms with Gasteiger partial charge in [-0.3, -0.25) is 4.79 Å². The van der Waals surface area contributed by atoms with Crippen LogP contribution >= 0.6 is 11.6 Å². The van der Waals surface area contributed by atoms with Crippen LogP contribution < -0.4 is 5.32 Å². The molecule has 0 saturated carbocycles. The Balaban J connectivity index is 1.36. The molecule has 9 nitrogen and oxygen atoms in total. The molecule has 1 aromatic heterocycles. The van der Waals surface area contributed by atoms with Crippen LogP contribution in [0.4, 0.5) is 5.69 Å². The first-order valence-corrected chi connectivity index (χ1v) is 14.8. The van der Waals surface area contributed by atoms with Crippen molar-refractivity contribution in [3.63, 3.8) is 0 Å². The second-order valence-corrected chi connectivity index (χ2v) is 11.9. The molecule has 1 amide bonds. The lowest BCUT2D eigenvalue weighted by atomic mass is 10.0. The summed E-state index contributed by atoms with van der Waals surface area (Å²) in [7, 11) is -3.78. The minimum Gasteiger partial charge on any atom is -0.449 e. The number of carbonyl (C=O) groups excluding carboxylic acids is 2. The van der Waals surface area contributed by atoms with Crippen LogP contribution in [-0.2, 0) is 24.3 Å². The molecule has 1 saturated heterocycles. The maximum absolute atomic E-state index is 13.3. The third kappa shape index (κ3) is 6.11. The van der Waals surface area contributed by atoms with Gasteiger partial charge in [-0.25, -0.2) is 18.2 Å². The molecular weight excluding hydrogens is 566 g/mol. The topological polar surface area (TPSA) is 115 Å². The third-order valence-corrected chi connectivity index (χ3v) is 9.15. The Kier molecular flexibility index (Phi) is 8.37. The molecule has 1 atom stereocenters. The lowest BCUT2D eigenvalue weighted by Crippen LogP contribution is -2.40. The van der Waals surface area contributed by atoms with E-state index in [1.54, 1.807) is 61.5 Å². The van der Waals surface area contributed by atoms with Crippen molar-refractivity contribution >= 4 is 50.1 Å². The number of amides is 1. The van der Waals surface area contributed by atoms with Gasteiger partial charge in [-0.05, 0) is 49.7 Å². The highest BCUT2D eigenvalue weighted by Gasteiger charge is 2.29. The Morgan fingerprint density at radius 1 is 1.02 bits per heavy atom. The van der Waals surface area contributed by atoms with Crippen LogP contribution in [-0.4, -0.2) is 62.0 Å². The molecule has 1 aliphatic heterocycles. The molecule has 5 rings (SSSR count). The maximum Gasteiger partial charge on any atom is 0.339 e. The highest BCUT2D eigenvalue weighted by molar-refractivity contribution is 7.89. The number of esters is 1. The number of sulfonamides is 1. The summed E-state index contributed by atoms with van der Waals surface area (Å²) >= 11 is 6.38. The van der Waals surface area contributed by atoms with Crippen LogP contribution in [0, 0.1) is 6.92 Å². The molecule has 0 aliphatic carbocycles. The normalized spacial score (nSPS) is 14.9. The van der Waals surface area contributed by atoms with Crippen molar-refractivity contribution in [2.75, 3.05) is 31.6 Å². The van der Waals surface area contributed by atoms with Crippen LogP contribution in [0.5, 0.6) is 0 Å². The summed E-state index contributed by atoms with van der Waals surface area (Å²) in [6.07, 6.45) is -1.18. The zero-order chi connectivity index (χ0) is 29.1. The van der Waals surface area contributed by atoms with E-state index < -0.39 is 28.0 Å². The number of pyridine rings is 1. The molecule has 0 spiro atoms. The molecule has 212 valence electrons. The van der Waals surface area contributed by atoms with E-state index in [1.165, 1.54) is 17.3 Å². The number of rotatable bonds is 7. The summed E-state index contributed by atoms with van der Waals surface area (Å²) < 4.78 is 38.6. The summed E-state index contributed by atoms with van der Waals surface area (Å²) in [5.74, 6) is -1.32. The fraction of sp³-hybridized carbons (Fsp3) is 0.233. The summed E-state index contributed by atoms with van der Waals surface area (Å²) in [4.78, 5) is 31.1. The molecule has 3 aromatic carbocycles. The number of carbonyl (C=O) groups is 2. The number of benzene rings is 3. The van der Waals surface area contributed by atoms with Crippen molar-refractivity contribution in [1.29, 1.82) is 0 Å². The quantitative estimate of drug-likeness (QED) is 0.298. The molecule has 1 aliphatic rings. The third-order valence-electron chi connectivity index (χ3n) is 6.78. The van der Waals surface area contributed by atoms with E-state index in [9.17, 15) is 18.0 Å². The van der Waals surface area contributed by atoms with E-state index in [1.807, 2.05) is 12.1 Å². The number of nitrogens with one attached hydrogen (secondary N) is 1. The Bertz CT molecular complexity index is 1740. The standard InChI is InChI=1S/C30H28ClN3O6S/c1-19-11-12-21(17-28(19)41(37,38)34-13-15-39-16-14-34)32-29(35)20(2)40-30(36)24-18-27(23-8-3-5-9-25(23)31)33-26-10-6-4-7-22(24)26/h3-12,17-18,20H,13-16H2,1-2H3,(H,32,35)/t20-/m1/s1. The molecule has 0 radical (unpaired) electrons. The van der Waals surface area contributed by atoms with Gasteiger partial charge in [-0.15, -0.1) is 0 Å². The first-order valence-electron chi connectivity index (χ1n) is 13.0. The molecule has 41 heavy (non-hydrogen) atoms. The van der Waals surface area contributed by atoms with Gasteiger partial charge in [0, 0.05) is 34.7 Å². The number of fused-ring (bicyclic) bond motifs is 1. The van der Waals surface area contributed by atoms with Crippen molar-refractivity contribution in [3.05, 3.63) is 88.9 Å². The van der Waals surface area contributed by atoms with Crippen LogP contribution in [0.2, 0.25) is 5.02 Å². The Morgan fingerprint density at radius 2 is 1.73 bits per heavy atom. The van der Waals surface area contributed by atoms with Gasteiger partial charge in [0.25, 0.3) is 5.91 Å². The van der Waals surface area contributed by atoms with Gasteiger partial charge in [-0.2, -0.15) is 4.31 Å². The maximum atomic E-state index is 13.3. The van der Waals surface area contributed by atoms with Gasteiger partial charge in [0.2, 0.25) is 10.0 Å². The summed E-state index contributed by atoms with van der Waals surface area (Å²) in [6, 6.07) is 20.5.